The Morgan fingerprint density at radius 2 is 2.42 bits per heavy atom. The number of anilines is 1. The highest BCUT2D eigenvalue weighted by atomic mass is 16.2. The molecule has 0 aliphatic carbocycles. The Morgan fingerprint density at radius 3 is 3.11 bits per heavy atom. The van der Waals surface area contributed by atoms with Crippen LogP contribution in [-0.2, 0) is 0 Å². The molecule has 2 rings (SSSR count). The Labute approximate surface area is 113 Å². The van der Waals surface area contributed by atoms with Gasteiger partial charge in [0.2, 0.25) is 0 Å². The van der Waals surface area contributed by atoms with E-state index in [1.165, 1.54) is 0 Å². The average molecular weight is 263 g/mol. The Kier molecular flexibility index (Phi) is 4.34. The summed E-state index contributed by atoms with van der Waals surface area (Å²) in [6.45, 7) is 1.69. The van der Waals surface area contributed by atoms with Gasteiger partial charge in [-0.05, 0) is 33.0 Å². The van der Waals surface area contributed by atoms with Crippen LogP contribution in [0.3, 0.4) is 0 Å². The number of carbonyl (C=O) groups is 1. The highest BCUT2D eigenvalue weighted by Gasteiger charge is 2.30. The number of nitrogens with zero attached hydrogens (tertiary/aromatic N) is 3. The van der Waals surface area contributed by atoms with Crippen molar-refractivity contribution >= 4 is 11.6 Å². The van der Waals surface area contributed by atoms with Gasteiger partial charge in [-0.15, -0.1) is 0 Å². The molecule has 104 valence electrons. The van der Waals surface area contributed by atoms with Crippen LogP contribution in [0.5, 0.6) is 0 Å². The van der Waals surface area contributed by atoms with E-state index in [-0.39, 0.29) is 11.9 Å². The van der Waals surface area contributed by atoms with E-state index in [9.17, 15) is 4.79 Å². The third-order valence-corrected chi connectivity index (χ3v) is 3.42. The summed E-state index contributed by atoms with van der Waals surface area (Å²) in [5, 5.41) is 0. The molecule has 0 radical (unpaired) electrons. The zero-order chi connectivity index (χ0) is 13.8. The summed E-state index contributed by atoms with van der Waals surface area (Å²) >= 11 is 0. The molecule has 1 unspecified atom stereocenters. The van der Waals surface area contributed by atoms with Crippen LogP contribution in [0.15, 0.2) is 18.5 Å². The van der Waals surface area contributed by atoms with Crippen molar-refractivity contribution in [1.29, 1.82) is 0 Å². The lowest BCUT2D eigenvalue weighted by atomic mass is 10.1. The maximum Gasteiger partial charge on any atom is 0.257 e. The fraction of sp³-hybridized carbons (Fsp3) is 0.538. The lowest BCUT2D eigenvalue weighted by molar-refractivity contribution is 0.0717. The largest absolute Gasteiger partial charge is 0.334 e. The third-order valence-electron chi connectivity index (χ3n) is 3.42. The molecule has 0 spiro atoms. The number of nitrogens with one attached hydrogen (secondary N) is 1. The number of amides is 1. The van der Waals surface area contributed by atoms with E-state index >= 15 is 0 Å². The first-order chi connectivity index (χ1) is 9.13. The third kappa shape index (κ3) is 3.02. The van der Waals surface area contributed by atoms with Gasteiger partial charge in [-0.25, -0.2) is 0 Å². The molecule has 19 heavy (non-hydrogen) atoms. The highest BCUT2D eigenvalue weighted by molar-refractivity contribution is 5.99. The molecule has 0 aromatic carbocycles. The van der Waals surface area contributed by atoms with E-state index in [4.69, 9.17) is 5.84 Å². The maximum atomic E-state index is 12.6. The normalized spacial score (nSPS) is 18.9. The van der Waals surface area contributed by atoms with Crippen LogP contribution in [0.4, 0.5) is 5.69 Å². The van der Waals surface area contributed by atoms with Gasteiger partial charge in [-0.2, -0.15) is 0 Å². The summed E-state index contributed by atoms with van der Waals surface area (Å²) in [6, 6.07) is 1.98. The first-order valence-electron chi connectivity index (χ1n) is 6.50. The molecule has 1 aromatic heterocycles. The van der Waals surface area contributed by atoms with E-state index < -0.39 is 0 Å². The highest BCUT2D eigenvalue weighted by Crippen LogP contribution is 2.23. The zero-order valence-electron chi connectivity index (χ0n) is 11.5. The number of hydrogen-bond donors (Lipinski definition) is 2. The number of nitrogens with two attached hydrogens (primary N) is 1. The Balaban J connectivity index is 2.18. The SMILES string of the molecule is CN(C)CC1CCCN1C(=O)c1cnccc1NN. The van der Waals surface area contributed by atoms with Crippen molar-refractivity contribution in [3.63, 3.8) is 0 Å². The molecular formula is C13H21N5O. The van der Waals surface area contributed by atoms with Crippen molar-refractivity contribution in [3.05, 3.63) is 24.0 Å². The topological polar surface area (TPSA) is 74.5 Å². The van der Waals surface area contributed by atoms with Gasteiger partial charge < -0.3 is 15.2 Å². The van der Waals surface area contributed by atoms with E-state index in [2.05, 4.69) is 15.3 Å². The van der Waals surface area contributed by atoms with Crippen molar-refractivity contribution in [2.45, 2.75) is 18.9 Å². The van der Waals surface area contributed by atoms with Gasteiger partial charge in [-0.1, -0.05) is 0 Å². The molecule has 1 saturated heterocycles. The quantitative estimate of drug-likeness (QED) is 0.612. The van der Waals surface area contributed by atoms with Crippen molar-refractivity contribution in [2.24, 2.45) is 5.84 Å². The second-order valence-electron chi connectivity index (χ2n) is 5.12. The average Bonchev–Trinajstić information content (AvgIpc) is 2.85. The minimum atomic E-state index is 0.00500. The van der Waals surface area contributed by atoms with Crippen molar-refractivity contribution in [1.82, 2.24) is 14.8 Å². The molecular weight excluding hydrogens is 242 g/mol. The number of pyridine rings is 1. The standard InChI is InChI=1S/C13H21N5O/c1-17(2)9-10-4-3-7-18(10)13(19)11-8-15-6-5-12(11)16-14/h5-6,8,10H,3-4,7,9,14H2,1-2H3,(H,15,16). The molecule has 1 aromatic rings. The fourth-order valence-corrected chi connectivity index (χ4v) is 2.56. The second-order valence-corrected chi connectivity index (χ2v) is 5.12. The summed E-state index contributed by atoms with van der Waals surface area (Å²) in [4.78, 5) is 20.6. The lowest BCUT2D eigenvalue weighted by Crippen LogP contribution is -2.41. The first-order valence-corrected chi connectivity index (χ1v) is 6.50. The van der Waals surface area contributed by atoms with Gasteiger partial charge in [0, 0.05) is 31.5 Å². The number of hydrazine groups is 1. The number of rotatable bonds is 4. The number of aromatic nitrogens is 1. The second kappa shape index (κ2) is 5.99. The van der Waals surface area contributed by atoms with Gasteiger partial charge in [-0.3, -0.25) is 15.6 Å². The summed E-state index contributed by atoms with van der Waals surface area (Å²) in [5.41, 5.74) is 3.72. The smallest absolute Gasteiger partial charge is 0.257 e. The summed E-state index contributed by atoms with van der Waals surface area (Å²) in [5.74, 6) is 5.45. The van der Waals surface area contributed by atoms with Crippen LogP contribution in [0, 0.1) is 0 Å². The summed E-state index contributed by atoms with van der Waals surface area (Å²) in [6.07, 6.45) is 5.29. The molecule has 1 aliphatic heterocycles. The zero-order valence-corrected chi connectivity index (χ0v) is 11.5. The van der Waals surface area contributed by atoms with Crippen molar-refractivity contribution in [2.75, 3.05) is 32.6 Å². The first kappa shape index (κ1) is 13.8. The van der Waals surface area contributed by atoms with Gasteiger partial charge in [0.05, 0.1) is 11.3 Å². The van der Waals surface area contributed by atoms with Gasteiger partial charge in [0.25, 0.3) is 5.91 Å². The Morgan fingerprint density at radius 1 is 1.63 bits per heavy atom. The fourth-order valence-electron chi connectivity index (χ4n) is 2.56. The van der Waals surface area contributed by atoms with Crippen LogP contribution in [0.25, 0.3) is 0 Å². The van der Waals surface area contributed by atoms with Crippen LogP contribution in [-0.4, -0.2) is 53.9 Å². The Hall–Kier alpha value is -1.66. The molecule has 1 aliphatic rings. The van der Waals surface area contributed by atoms with Crippen LogP contribution in [0.2, 0.25) is 0 Å². The van der Waals surface area contributed by atoms with Crippen LogP contribution >= 0.6 is 0 Å². The number of carbonyl (C=O) groups excluding carboxylic acids is 1. The lowest BCUT2D eigenvalue weighted by Gasteiger charge is -2.27. The predicted octanol–water partition coefficient (Wildman–Crippen LogP) is 0.533. The molecule has 0 bridgehead atoms. The number of hydrogen-bond acceptors (Lipinski definition) is 5. The van der Waals surface area contributed by atoms with Crippen molar-refractivity contribution < 1.29 is 4.79 Å². The molecule has 2 heterocycles. The molecule has 6 nitrogen and oxygen atoms in total. The molecule has 6 heteroatoms. The maximum absolute atomic E-state index is 12.6. The minimum absolute atomic E-state index is 0.00500. The Bertz CT molecular complexity index is 448. The van der Waals surface area contributed by atoms with Gasteiger partial charge in [0.1, 0.15) is 0 Å². The van der Waals surface area contributed by atoms with Gasteiger partial charge in [0.15, 0.2) is 0 Å². The van der Waals surface area contributed by atoms with Crippen molar-refractivity contribution in [3.8, 4) is 0 Å². The molecule has 0 saturated carbocycles. The number of likely N-dealkylation sites (tertiary alicyclic amines) is 1. The molecule has 1 amide bonds. The monoisotopic (exact) mass is 263 g/mol. The summed E-state index contributed by atoms with van der Waals surface area (Å²) < 4.78 is 0. The number of likely N-dealkylation sites (N-methyl/N-ethyl adjacent to an activating group) is 1. The minimum Gasteiger partial charge on any atom is -0.334 e. The van der Waals surface area contributed by atoms with Gasteiger partial charge >= 0.3 is 0 Å². The van der Waals surface area contributed by atoms with E-state index in [0.717, 1.165) is 25.9 Å². The van der Waals surface area contributed by atoms with E-state index in [0.29, 0.717) is 11.3 Å². The van der Waals surface area contributed by atoms with Crippen LogP contribution in [0.1, 0.15) is 23.2 Å². The molecule has 1 atom stereocenters. The number of nitrogen functional groups attached to an aromatic ring is 1. The molecule has 3 N–H and O–H groups in total. The predicted molar refractivity (Wildman–Crippen MR) is 74.7 cm³/mol. The van der Waals surface area contributed by atoms with Crippen LogP contribution < -0.4 is 11.3 Å². The molecule has 1 fully saturated rings. The van der Waals surface area contributed by atoms with E-state index in [1.807, 2.05) is 19.0 Å². The summed E-state index contributed by atoms with van der Waals surface area (Å²) in [7, 11) is 4.05. The van der Waals surface area contributed by atoms with E-state index in [1.54, 1.807) is 18.5 Å².